The van der Waals surface area contributed by atoms with Gasteiger partial charge in [-0.15, -0.1) is 0 Å². The van der Waals surface area contributed by atoms with E-state index in [2.05, 4.69) is 20.9 Å². The average molecular weight is 228 g/mol. The Morgan fingerprint density at radius 1 is 1.42 bits per heavy atom. The molecule has 0 saturated heterocycles. The molecule has 62 valence electrons. The molecule has 0 atom stereocenters. The standard InChI is InChI=1S/C9H7BrFN/c1-5-4-12-8-3-6(10)2-7(11)9(5)8/h2-4,12H,1H3. The van der Waals surface area contributed by atoms with E-state index in [0.29, 0.717) is 5.39 Å². The zero-order chi connectivity index (χ0) is 8.72. The number of hydrogen-bond donors (Lipinski definition) is 1. The third kappa shape index (κ3) is 1.05. The second-order valence-electron chi connectivity index (χ2n) is 2.78. The van der Waals surface area contributed by atoms with Crippen molar-refractivity contribution in [1.82, 2.24) is 4.98 Å². The van der Waals surface area contributed by atoms with Crippen LogP contribution in [0.3, 0.4) is 0 Å². The Labute approximate surface area is 77.7 Å². The van der Waals surface area contributed by atoms with Gasteiger partial charge in [-0.3, -0.25) is 0 Å². The molecular weight excluding hydrogens is 221 g/mol. The van der Waals surface area contributed by atoms with Gasteiger partial charge in [-0.25, -0.2) is 4.39 Å². The number of nitrogens with one attached hydrogen (secondary N) is 1. The smallest absolute Gasteiger partial charge is 0.133 e. The molecular formula is C9H7BrFN. The summed E-state index contributed by atoms with van der Waals surface area (Å²) in [7, 11) is 0. The minimum Gasteiger partial charge on any atom is -0.361 e. The van der Waals surface area contributed by atoms with Gasteiger partial charge >= 0.3 is 0 Å². The maximum Gasteiger partial charge on any atom is 0.133 e. The van der Waals surface area contributed by atoms with E-state index in [1.54, 1.807) is 6.20 Å². The van der Waals surface area contributed by atoms with Gasteiger partial charge in [0.25, 0.3) is 0 Å². The lowest BCUT2D eigenvalue weighted by Gasteiger charge is -1.95. The summed E-state index contributed by atoms with van der Waals surface area (Å²) >= 11 is 3.23. The lowest BCUT2D eigenvalue weighted by molar-refractivity contribution is 0.638. The van der Waals surface area contributed by atoms with Crippen LogP contribution in [0, 0.1) is 12.7 Å². The lowest BCUT2D eigenvalue weighted by Crippen LogP contribution is -1.78. The Kier molecular flexibility index (Phi) is 1.68. The van der Waals surface area contributed by atoms with E-state index in [1.165, 1.54) is 6.07 Å². The summed E-state index contributed by atoms with van der Waals surface area (Å²) in [5.41, 5.74) is 1.77. The van der Waals surface area contributed by atoms with Crippen LogP contribution in [0.15, 0.2) is 22.8 Å². The molecule has 0 spiro atoms. The van der Waals surface area contributed by atoms with Crippen molar-refractivity contribution in [3.05, 3.63) is 34.2 Å². The van der Waals surface area contributed by atoms with Crippen LogP contribution in [0.5, 0.6) is 0 Å². The average Bonchev–Trinajstić information content (AvgIpc) is 2.31. The van der Waals surface area contributed by atoms with E-state index >= 15 is 0 Å². The van der Waals surface area contributed by atoms with Crippen molar-refractivity contribution in [2.24, 2.45) is 0 Å². The highest BCUT2D eigenvalue weighted by Crippen LogP contribution is 2.24. The number of aromatic amines is 1. The van der Waals surface area contributed by atoms with Gasteiger partial charge in [0.05, 0.1) is 0 Å². The number of halogens is 2. The van der Waals surface area contributed by atoms with Crippen molar-refractivity contribution < 1.29 is 4.39 Å². The second-order valence-corrected chi connectivity index (χ2v) is 3.70. The highest BCUT2D eigenvalue weighted by atomic mass is 79.9. The van der Waals surface area contributed by atoms with Crippen LogP contribution >= 0.6 is 15.9 Å². The zero-order valence-electron chi connectivity index (χ0n) is 6.49. The topological polar surface area (TPSA) is 15.8 Å². The van der Waals surface area contributed by atoms with Crippen molar-refractivity contribution in [3.63, 3.8) is 0 Å². The minimum absolute atomic E-state index is 0.182. The monoisotopic (exact) mass is 227 g/mol. The first-order valence-electron chi connectivity index (χ1n) is 3.61. The molecule has 0 aliphatic heterocycles. The molecule has 0 fully saturated rings. The van der Waals surface area contributed by atoms with Crippen LogP contribution in [0.2, 0.25) is 0 Å². The molecule has 1 heterocycles. The summed E-state index contributed by atoms with van der Waals surface area (Å²) < 4.78 is 14.0. The molecule has 1 N–H and O–H groups in total. The van der Waals surface area contributed by atoms with Gasteiger partial charge in [0.2, 0.25) is 0 Å². The molecule has 1 aromatic heterocycles. The van der Waals surface area contributed by atoms with Crippen LogP contribution in [0.4, 0.5) is 4.39 Å². The zero-order valence-corrected chi connectivity index (χ0v) is 8.07. The highest BCUT2D eigenvalue weighted by Gasteiger charge is 2.05. The molecule has 0 aliphatic carbocycles. The molecule has 1 aromatic carbocycles. The predicted octanol–water partition coefficient (Wildman–Crippen LogP) is 3.38. The molecule has 0 bridgehead atoms. The quantitative estimate of drug-likeness (QED) is 0.711. The van der Waals surface area contributed by atoms with Crippen LogP contribution in [0.1, 0.15) is 5.56 Å². The number of benzene rings is 1. The van der Waals surface area contributed by atoms with Crippen LogP contribution < -0.4 is 0 Å². The van der Waals surface area contributed by atoms with Gasteiger partial charge in [-0.1, -0.05) is 15.9 Å². The first-order valence-corrected chi connectivity index (χ1v) is 4.40. The molecule has 2 aromatic rings. The molecule has 12 heavy (non-hydrogen) atoms. The van der Waals surface area contributed by atoms with E-state index in [4.69, 9.17) is 0 Å². The molecule has 0 unspecified atom stereocenters. The Morgan fingerprint density at radius 2 is 2.17 bits per heavy atom. The van der Waals surface area contributed by atoms with Crippen molar-refractivity contribution in [2.45, 2.75) is 6.92 Å². The van der Waals surface area contributed by atoms with Crippen molar-refractivity contribution in [2.75, 3.05) is 0 Å². The van der Waals surface area contributed by atoms with Gasteiger partial charge in [0.1, 0.15) is 5.82 Å². The lowest BCUT2D eigenvalue weighted by atomic mass is 10.2. The summed E-state index contributed by atoms with van der Waals surface area (Å²) in [6.45, 7) is 1.88. The summed E-state index contributed by atoms with van der Waals surface area (Å²) in [5, 5.41) is 0.679. The van der Waals surface area contributed by atoms with E-state index < -0.39 is 0 Å². The van der Waals surface area contributed by atoms with E-state index in [0.717, 1.165) is 15.6 Å². The first-order chi connectivity index (χ1) is 5.68. The SMILES string of the molecule is Cc1c[nH]c2cc(Br)cc(F)c12. The van der Waals surface area contributed by atoms with Crippen LogP contribution in [0.25, 0.3) is 10.9 Å². The van der Waals surface area contributed by atoms with Crippen LogP contribution in [-0.2, 0) is 0 Å². The molecule has 0 amide bonds. The number of rotatable bonds is 0. The van der Waals surface area contributed by atoms with Crippen molar-refractivity contribution in [1.29, 1.82) is 0 Å². The Bertz CT molecular complexity index is 433. The summed E-state index contributed by atoms with van der Waals surface area (Å²) in [6, 6.07) is 3.34. The van der Waals surface area contributed by atoms with Gasteiger partial charge in [0, 0.05) is 21.6 Å². The summed E-state index contributed by atoms with van der Waals surface area (Å²) in [5.74, 6) is -0.182. The van der Waals surface area contributed by atoms with Crippen LogP contribution in [-0.4, -0.2) is 4.98 Å². The number of hydrogen-bond acceptors (Lipinski definition) is 0. The van der Waals surface area contributed by atoms with E-state index in [1.807, 2.05) is 13.0 Å². The Hall–Kier alpha value is -0.830. The fraction of sp³-hybridized carbons (Fsp3) is 0.111. The number of H-pyrrole nitrogens is 1. The van der Waals surface area contributed by atoms with Gasteiger partial charge in [-0.05, 0) is 24.6 Å². The van der Waals surface area contributed by atoms with Gasteiger partial charge in [-0.2, -0.15) is 0 Å². The fourth-order valence-electron chi connectivity index (χ4n) is 1.35. The maximum atomic E-state index is 13.3. The van der Waals surface area contributed by atoms with Crippen molar-refractivity contribution in [3.8, 4) is 0 Å². The largest absolute Gasteiger partial charge is 0.361 e. The molecule has 1 nitrogen and oxygen atoms in total. The minimum atomic E-state index is -0.182. The number of aromatic nitrogens is 1. The van der Waals surface area contributed by atoms with Crippen molar-refractivity contribution >= 4 is 26.8 Å². The third-order valence-corrected chi connectivity index (χ3v) is 2.35. The molecule has 3 heteroatoms. The molecule has 0 saturated carbocycles. The molecule has 0 radical (unpaired) electrons. The number of fused-ring (bicyclic) bond motifs is 1. The molecule has 0 aliphatic rings. The highest BCUT2D eigenvalue weighted by molar-refractivity contribution is 9.10. The van der Waals surface area contributed by atoms with E-state index in [9.17, 15) is 4.39 Å². The first kappa shape index (κ1) is 7.80. The maximum absolute atomic E-state index is 13.3. The fourth-order valence-corrected chi connectivity index (χ4v) is 1.78. The van der Waals surface area contributed by atoms with Gasteiger partial charge < -0.3 is 4.98 Å². The Morgan fingerprint density at radius 3 is 2.92 bits per heavy atom. The Balaban J connectivity index is 2.93. The van der Waals surface area contributed by atoms with Gasteiger partial charge in [0.15, 0.2) is 0 Å². The number of aryl methyl sites for hydroxylation is 1. The molecule has 2 rings (SSSR count). The summed E-state index contributed by atoms with van der Waals surface area (Å²) in [6.07, 6.45) is 1.81. The van der Waals surface area contributed by atoms with E-state index in [-0.39, 0.29) is 5.82 Å². The predicted molar refractivity (Wildman–Crippen MR) is 50.7 cm³/mol. The summed E-state index contributed by atoms with van der Waals surface area (Å²) in [4.78, 5) is 3.00. The third-order valence-electron chi connectivity index (χ3n) is 1.89. The normalized spacial score (nSPS) is 10.9. The second kappa shape index (κ2) is 2.59.